The molecule has 8 heteroatoms. The lowest BCUT2D eigenvalue weighted by Gasteiger charge is -2.15. The predicted molar refractivity (Wildman–Crippen MR) is 103 cm³/mol. The summed E-state index contributed by atoms with van der Waals surface area (Å²) in [6, 6.07) is 10.8. The Kier molecular flexibility index (Phi) is 7.13. The predicted octanol–water partition coefficient (Wildman–Crippen LogP) is 1.97. The Morgan fingerprint density at radius 3 is 2.59 bits per heavy atom. The molecule has 0 fully saturated rings. The zero-order chi connectivity index (χ0) is 19.8. The van der Waals surface area contributed by atoms with Gasteiger partial charge in [-0.3, -0.25) is 10.1 Å². The van der Waals surface area contributed by atoms with E-state index >= 15 is 0 Å². The maximum atomic E-state index is 12.4. The number of carbonyl (C=O) groups excluding carboxylic acids is 2. The van der Waals surface area contributed by atoms with Gasteiger partial charge in [0, 0.05) is 5.56 Å². The van der Waals surface area contributed by atoms with Gasteiger partial charge in [-0.1, -0.05) is 13.0 Å². The van der Waals surface area contributed by atoms with E-state index in [2.05, 4.69) is 10.6 Å². The van der Waals surface area contributed by atoms with Crippen LogP contribution in [0.3, 0.4) is 0 Å². The number of rotatable bonds is 7. The third-order valence-electron chi connectivity index (χ3n) is 3.48. The van der Waals surface area contributed by atoms with Gasteiger partial charge in [-0.25, -0.2) is 0 Å². The molecule has 0 saturated carbocycles. The second-order valence-corrected chi connectivity index (χ2v) is 5.90. The average Bonchev–Trinajstić information content (AvgIpc) is 2.66. The highest BCUT2D eigenvalue weighted by Gasteiger charge is 2.12. The molecule has 0 spiro atoms. The van der Waals surface area contributed by atoms with Gasteiger partial charge in [0.1, 0.15) is 11.5 Å². The van der Waals surface area contributed by atoms with Crippen LogP contribution in [0.15, 0.2) is 42.5 Å². The molecule has 7 nitrogen and oxygen atoms in total. The molecular formula is C19H19N2O5S-. The first kappa shape index (κ1) is 20.2. The minimum absolute atomic E-state index is 0.00585. The molecule has 27 heavy (non-hydrogen) atoms. The van der Waals surface area contributed by atoms with Crippen molar-refractivity contribution in [1.29, 1.82) is 0 Å². The minimum atomic E-state index is -1.33. The van der Waals surface area contributed by atoms with Crippen LogP contribution < -0.4 is 25.2 Å². The van der Waals surface area contributed by atoms with Crippen LogP contribution in [-0.2, 0) is 0 Å². The van der Waals surface area contributed by atoms with Crippen molar-refractivity contribution >= 4 is 34.9 Å². The number of amides is 1. The maximum Gasteiger partial charge on any atom is 0.257 e. The van der Waals surface area contributed by atoms with E-state index in [1.54, 1.807) is 24.3 Å². The monoisotopic (exact) mass is 387 g/mol. The summed E-state index contributed by atoms with van der Waals surface area (Å²) in [7, 11) is 1.43. The molecule has 2 N–H and O–H groups in total. The zero-order valence-electron chi connectivity index (χ0n) is 14.9. The maximum absolute atomic E-state index is 12.4. The number of thiocarbonyl (C=S) groups is 1. The van der Waals surface area contributed by atoms with Crippen molar-refractivity contribution in [3.05, 3.63) is 53.6 Å². The lowest BCUT2D eigenvalue weighted by molar-refractivity contribution is -0.255. The second kappa shape index (κ2) is 9.54. The molecule has 0 heterocycles. The molecule has 0 aliphatic carbocycles. The van der Waals surface area contributed by atoms with Crippen molar-refractivity contribution in [1.82, 2.24) is 5.32 Å². The molecule has 0 saturated heterocycles. The van der Waals surface area contributed by atoms with Gasteiger partial charge >= 0.3 is 0 Å². The summed E-state index contributed by atoms with van der Waals surface area (Å²) in [6.45, 7) is 2.55. The van der Waals surface area contributed by atoms with E-state index in [4.69, 9.17) is 21.7 Å². The standard InChI is InChI=1S/C19H20N2O5S/c1-3-9-26-14-6-4-5-12(10-14)17(22)21-19(27)20-15-11-13(18(23)24)7-8-16(15)25-2/h4-8,10-11H,3,9H2,1-2H3,(H,23,24)(H2,20,21,22,27)/p-1. The van der Waals surface area contributed by atoms with E-state index in [1.165, 1.54) is 25.3 Å². The molecule has 142 valence electrons. The molecule has 0 aromatic heterocycles. The number of carboxylic acids is 1. The van der Waals surface area contributed by atoms with E-state index in [1.807, 2.05) is 6.92 Å². The minimum Gasteiger partial charge on any atom is -0.545 e. The number of hydrogen-bond donors (Lipinski definition) is 2. The third-order valence-corrected chi connectivity index (χ3v) is 3.68. The summed E-state index contributed by atoms with van der Waals surface area (Å²) < 4.78 is 10.7. The Morgan fingerprint density at radius 2 is 1.93 bits per heavy atom. The molecule has 0 aliphatic rings. The fourth-order valence-corrected chi connectivity index (χ4v) is 2.41. The van der Waals surface area contributed by atoms with Crippen molar-refractivity contribution in [3.8, 4) is 11.5 Å². The Morgan fingerprint density at radius 1 is 1.15 bits per heavy atom. The van der Waals surface area contributed by atoms with Gasteiger partial charge in [-0.2, -0.15) is 0 Å². The number of hydrogen-bond acceptors (Lipinski definition) is 6. The van der Waals surface area contributed by atoms with E-state index in [0.29, 0.717) is 29.4 Å². The summed E-state index contributed by atoms with van der Waals surface area (Å²) in [5, 5.41) is 16.3. The molecule has 2 rings (SSSR count). The lowest BCUT2D eigenvalue weighted by atomic mass is 10.2. The number of ether oxygens (including phenoxy) is 2. The Labute approximate surface area is 162 Å². The summed E-state index contributed by atoms with van der Waals surface area (Å²) >= 11 is 5.14. The van der Waals surface area contributed by atoms with Gasteiger partial charge in [0.25, 0.3) is 5.91 Å². The number of carboxylic acid groups (broad SMARTS) is 1. The summed E-state index contributed by atoms with van der Waals surface area (Å²) in [5.41, 5.74) is 0.626. The molecule has 0 aliphatic heterocycles. The molecule has 2 aromatic rings. The van der Waals surface area contributed by atoms with Crippen LogP contribution in [0.4, 0.5) is 5.69 Å². The van der Waals surface area contributed by atoms with E-state index < -0.39 is 11.9 Å². The molecule has 0 bridgehead atoms. The molecule has 0 unspecified atom stereocenters. The number of nitrogens with one attached hydrogen (secondary N) is 2. The molecule has 2 aromatic carbocycles. The van der Waals surface area contributed by atoms with Gasteiger partial charge in [0.05, 0.1) is 25.4 Å². The van der Waals surface area contributed by atoms with Crippen molar-refractivity contribution < 1.29 is 24.2 Å². The lowest BCUT2D eigenvalue weighted by Crippen LogP contribution is -2.34. The SMILES string of the molecule is CCCOc1cccc(C(=O)NC(=S)Nc2cc(C(=O)[O-])ccc2OC)c1. The summed E-state index contributed by atoms with van der Waals surface area (Å²) in [6.07, 6.45) is 0.858. The van der Waals surface area contributed by atoms with Crippen LogP contribution >= 0.6 is 12.2 Å². The van der Waals surface area contributed by atoms with Gasteiger partial charge in [0.2, 0.25) is 0 Å². The first-order chi connectivity index (χ1) is 12.9. The van der Waals surface area contributed by atoms with Crippen LogP contribution in [0.25, 0.3) is 0 Å². The molecular weight excluding hydrogens is 368 g/mol. The highest BCUT2D eigenvalue weighted by atomic mass is 32.1. The number of methoxy groups -OCH3 is 1. The summed E-state index contributed by atoms with van der Waals surface area (Å²) in [5.74, 6) is -0.803. The number of benzene rings is 2. The van der Waals surface area contributed by atoms with Crippen LogP contribution in [0.2, 0.25) is 0 Å². The first-order valence-corrected chi connectivity index (χ1v) is 8.60. The largest absolute Gasteiger partial charge is 0.545 e. The highest BCUT2D eigenvalue weighted by molar-refractivity contribution is 7.80. The number of carbonyl (C=O) groups is 2. The van der Waals surface area contributed by atoms with E-state index in [-0.39, 0.29) is 10.7 Å². The smallest absolute Gasteiger partial charge is 0.257 e. The average molecular weight is 387 g/mol. The molecule has 0 atom stereocenters. The van der Waals surface area contributed by atoms with E-state index in [9.17, 15) is 14.7 Å². The fraction of sp³-hybridized carbons (Fsp3) is 0.211. The van der Waals surface area contributed by atoms with Crippen molar-refractivity contribution in [2.24, 2.45) is 0 Å². The quantitative estimate of drug-likeness (QED) is 0.701. The topological polar surface area (TPSA) is 99.7 Å². The molecule has 0 radical (unpaired) electrons. The van der Waals surface area contributed by atoms with E-state index in [0.717, 1.165) is 6.42 Å². The zero-order valence-corrected chi connectivity index (χ0v) is 15.7. The third kappa shape index (κ3) is 5.68. The highest BCUT2D eigenvalue weighted by Crippen LogP contribution is 2.25. The Bertz CT molecular complexity index is 854. The summed E-state index contributed by atoms with van der Waals surface area (Å²) in [4.78, 5) is 23.4. The fourth-order valence-electron chi connectivity index (χ4n) is 2.21. The van der Waals surface area contributed by atoms with Crippen molar-refractivity contribution in [2.45, 2.75) is 13.3 Å². The Balaban J connectivity index is 2.08. The van der Waals surface area contributed by atoms with Crippen molar-refractivity contribution in [3.63, 3.8) is 0 Å². The number of anilines is 1. The van der Waals surface area contributed by atoms with Crippen LogP contribution in [-0.4, -0.2) is 30.7 Å². The van der Waals surface area contributed by atoms with Crippen LogP contribution in [0, 0.1) is 0 Å². The van der Waals surface area contributed by atoms with Gasteiger partial charge in [-0.05, 0) is 60.6 Å². The van der Waals surface area contributed by atoms with Gasteiger partial charge in [-0.15, -0.1) is 0 Å². The molecule has 1 amide bonds. The van der Waals surface area contributed by atoms with Crippen LogP contribution in [0.1, 0.15) is 34.1 Å². The van der Waals surface area contributed by atoms with Crippen LogP contribution in [0.5, 0.6) is 11.5 Å². The van der Waals surface area contributed by atoms with Gasteiger partial charge < -0.3 is 24.7 Å². The normalized spacial score (nSPS) is 10.0. The van der Waals surface area contributed by atoms with Gasteiger partial charge in [0.15, 0.2) is 5.11 Å². The Hall–Kier alpha value is -3.13. The number of aromatic carboxylic acids is 1. The first-order valence-electron chi connectivity index (χ1n) is 8.19. The second-order valence-electron chi connectivity index (χ2n) is 5.49. The van der Waals surface area contributed by atoms with Crippen molar-refractivity contribution in [2.75, 3.05) is 19.0 Å².